The lowest BCUT2D eigenvalue weighted by Crippen LogP contribution is -2.31. The Morgan fingerprint density at radius 3 is 2.24 bits per heavy atom. The number of hydrogen-bond acceptors (Lipinski definition) is 2. The third-order valence-electron chi connectivity index (χ3n) is 3.27. The van der Waals surface area contributed by atoms with Crippen molar-refractivity contribution in [3.8, 4) is 5.75 Å². The standard InChI is InChI=1S/C18H21NO2/c1-3-19(16-8-6-5-7-9-16)18(20)14-15-10-12-17(13-11-15)21-4-2/h5-13H,3-4,14H2,1-2H3. The van der Waals surface area contributed by atoms with Gasteiger partial charge in [0.05, 0.1) is 13.0 Å². The quantitative estimate of drug-likeness (QED) is 0.809. The van der Waals surface area contributed by atoms with Crippen molar-refractivity contribution in [2.24, 2.45) is 0 Å². The Hall–Kier alpha value is -2.29. The van der Waals surface area contributed by atoms with Crippen molar-refractivity contribution in [3.05, 3.63) is 60.2 Å². The van der Waals surface area contributed by atoms with Gasteiger partial charge in [0.2, 0.25) is 5.91 Å². The zero-order valence-corrected chi connectivity index (χ0v) is 12.6. The molecule has 0 fully saturated rings. The van der Waals surface area contributed by atoms with Gasteiger partial charge in [-0.1, -0.05) is 30.3 Å². The molecule has 0 radical (unpaired) electrons. The number of ether oxygens (including phenoxy) is 1. The van der Waals surface area contributed by atoms with Gasteiger partial charge in [-0.25, -0.2) is 0 Å². The molecule has 21 heavy (non-hydrogen) atoms. The highest BCUT2D eigenvalue weighted by atomic mass is 16.5. The fraction of sp³-hybridized carbons (Fsp3) is 0.278. The molecule has 3 nitrogen and oxygen atoms in total. The number of para-hydroxylation sites is 1. The maximum atomic E-state index is 12.4. The summed E-state index contributed by atoms with van der Waals surface area (Å²) in [6.45, 7) is 5.26. The number of carbonyl (C=O) groups excluding carboxylic acids is 1. The molecule has 2 aromatic rings. The van der Waals surface area contributed by atoms with Gasteiger partial charge in [0.25, 0.3) is 0 Å². The van der Waals surface area contributed by atoms with Crippen LogP contribution in [0.15, 0.2) is 54.6 Å². The topological polar surface area (TPSA) is 29.5 Å². The van der Waals surface area contributed by atoms with Crippen LogP contribution in [0.1, 0.15) is 19.4 Å². The van der Waals surface area contributed by atoms with Crippen molar-refractivity contribution >= 4 is 11.6 Å². The highest BCUT2D eigenvalue weighted by Gasteiger charge is 2.14. The Labute approximate surface area is 126 Å². The van der Waals surface area contributed by atoms with Crippen LogP contribution in [0.3, 0.4) is 0 Å². The molecule has 0 aliphatic carbocycles. The van der Waals surface area contributed by atoms with E-state index in [-0.39, 0.29) is 5.91 Å². The number of nitrogens with zero attached hydrogens (tertiary/aromatic N) is 1. The van der Waals surface area contributed by atoms with Gasteiger partial charge in [0.15, 0.2) is 0 Å². The SMILES string of the molecule is CCOc1ccc(CC(=O)N(CC)c2ccccc2)cc1. The van der Waals surface area contributed by atoms with E-state index in [1.165, 1.54) is 0 Å². The van der Waals surface area contributed by atoms with Crippen molar-refractivity contribution in [1.82, 2.24) is 0 Å². The first-order chi connectivity index (χ1) is 10.2. The van der Waals surface area contributed by atoms with Gasteiger partial charge in [-0.3, -0.25) is 4.79 Å². The lowest BCUT2D eigenvalue weighted by atomic mass is 10.1. The minimum atomic E-state index is 0.104. The first-order valence-corrected chi connectivity index (χ1v) is 7.31. The van der Waals surface area contributed by atoms with E-state index >= 15 is 0 Å². The van der Waals surface area contributed by atoms with Crippen molar-refractivity contribution in [1.29, 1.82) is 0 Å². The maximum absolute atomic E-state index is 12.4. The lowest BCUT2D eigenvalue weighted by molar-refractivity contribution is -0.117. The van der Waals surface area contributed by atoms with E-state index in [2.05, 4.69) is 0 Å². The smallest absolute Gasteiger partial charge is 0.231 e. The van der Waals surface area contributed by atoms with Gasteiger partial charge < -0.3 is 9.64 Å². The summed E-state index contributed by atoms with van der Waals surface area (Å²) in [4.78, 5) is 14.3. The minimum Gasteiger partial charge on any atom is -0.494 e. The lowest BCUT2D eigenvalue weighted by Gasteiger charge is -2.21. The summed E-state index contributed by atoms with van der Waals surface area (Å²) in [5, 5.41) is 0. The van der Waals surface area contributed by atoms with Crippen molar-refractivity contribution in [2.45, 2.75) is 20.3 Å². The fourth-order valence-electron chi connectivity index (χ4n) is 2.25. The number of benzene rings is 2. The normalized spacial score (nSPS) is 10.2. The van der Waals surface area contributed by atoms with Crippen LogP contribution >= 0.6 is 0 Å². The molecule has 0 aliphatic rings. The summed E-state index contributed by atoms with van der Waals surface area (Å²) in [5.41, 5.74) is 1.94. The third kappa shape index (κ3) is 4.09. The summed E-state index contributed by atoms with van der Waals surface area (Å²) in [6, 6.07) is 17.5. The minimum absolute atomic E-state index is 0.104. The van der Waals surface area contributed by atoms with Gasteiger partial charge in [-0.2, -0.15) is 0 Å². The molecule has 0 unspecified atom stereocenters. The molecule has 2 rings (SSSR count). The van der Waals surface area contributed by atoms with E-state index in [1.54, 1.807) is 4.90 Å². The van der Waals surface area contributed by atoms with Crippen LogP contribution in [0.5, 0.6) is 5.75 Å². The molecule has 0 saturated carbocycles. The molecule has 3 heteroatoms. The molecule has 0 bridgehead atoms. The Morgan fingerprint density at radius 2 is 1.67 bits per heavy atom. The first-order valence-electron chi connectivity index (χ1n) is 7.31. The number of hydrogen-bond donors (Lipinski definition) is 0. The Balaban J connectivity index is 2.05. The van der Waals surface area contributed by atoms with Gasteiger partial charge in [0, 0.05) is 12.2 Å². The predicted molar refractivity (Wildman–Crippen MR) is 85.8 cm³/mol. The van der Waals surface area contributed by atoms with Crippen molar-refractivity contribution < 1.29 is 9.53 Å². The van der Waals surface area contributed by atoms with Gasteiger partial charge >= 0.3 is 0 Å². The number of carbonyl (C=O) groups is 1. The number of likely N-dealkylation sites (N-methyl/N-ethyl adjacent to an activating group) is 1. The van der Waals surface area contributed by atoms with Crippen LogP contribution in [0.25, 0.3) is 0 Å². The average Bonchev–Trinajstić information content (AvgIpc) is 2.51. The molecule has 0 spiro atoms. The van der Waals surface area contributed by atoms with E-state index in [1.807, 2.05) is 68.4 Å². The zero-order valence-electron chi connectivity index (χ0n) is 12.6. The fourth-order valence-corrected chi connectivity index (χ4v) is 2.25. The Bertz CT molecular complexity index is 564. The van der Waals surface area contributed by atoms with Crippen LogP contribution in [0.2, 0.25) is 0 Å². The van der Waals surface area contributed by atoms with Crippen molar-refractivity contribution in [3.63, 3.8) is 0 Å². The molecule has 2 aromatic carbocycles. The van der Waals surface area contributed by atoms with E-state index in [0.29, 0.717) is 19.6 Å². The summed E-state index contributed by atoms with van der Waals surface area (Å²) >= 11 is 0. The first kappa shape index (κ1) is 15.1. The van der Waals surface area contributed by atoms with E-state index in [4.69, 9.17) is 4.74 Å². The summed E-state index contributed by atoms with van der Waals surface area (Å²) in [5.74, 6) is 0.942. The number of rotatable bonds is 6. The van der Waals surface area contributed by atoms with Gasteiger partial charge in [-0.15, -0.1) is 0 Å². The molecule has 0 N–H and O–H groups in total. The predicted octanol–water partition coefficient (Wildman–Crippen LogP) is 3.68. The molecular weight excluding hydrogens is 262 g/mol. The Kier molecular flexibility index (Phi) is 5.38. The Morgan fingerprint density at radius 1 is 1.00 bits per heavy atom. The molecule has 0 atom stereocenters. The zero-order chi connectivity index (χ0) is 15.1. The number of amides is 1. The summed E-state index contributed by atoms with van der Waals surface area (Å²) in [7, 11) is 0. The van der Waals surface area contributed by atoms with Crippen molar-refractivity contribution in [2.75, 3.05) is 18.1 Å². The molecular formula is C18H21NO2. The van der Waals surface area contributed by atoms with Crippen LogP contribution < -0.4 is 9.64 Å². The van der Waals surface area contributed by atoms with E-state index in [9.17, 15) is 4.79 Å². The second-order valence-electron chi connectivity index (χ2n) is 4.73. The summed E-state index contributed by atoms with van der Waals surface area (Å²) in [6.07, 6.45) is 0.398. The second kappa shape index (κ2) is 7.48. The molecule has 0 saturated heterocycles. The highest BCUT2D eigenvalue weighted by Crippen LogP contribution is 2.17. The molecule has 0 aliphatic heterocycles. The van der Waals surface area contributed by atoms with Crippen LogP contribution in [0, 0.1) is 0 Å². The number of anilines is 1. The van der Waals surface area contributed by atoms with Crippen LogP contribution in [-0.2, 0) is 11.2 Å². The monoisotopic (exact) mass is 283 g/mol. The third-order valence-corrected chi connectivity index (χ3v) is 3.27. The van der Waals surface area contributed by atoms with Crippen LogP contribution in [-0.4, -0.2) is 19.1 Å². The van der Waals surface area contributed by atoms with E-state index in [0.717, 1.165) is 17.0 Å². The van der Waals surface area contributed by atoms with Gasteiger partial charge in [0.1, 0.15) is 5.75 Å². The molecule has 0 heterocycles. The maximum Gasteiger partial charge on any atom is 0.231 e. The highest BCUT2D eigenvalue weighted by molar-refractivity contribution is 5.94. The largest absolute Gasteiger partial charge is 0.494 e. The molecule has 1 amide bonds. The van der Waals surface area contributed by atoms with E-state index < -0.39 is 0 Å². The summed E-state index contributed by atoms with van der Waals surface area (Å²) < 4.78 is 5.41. The van der Waals surface area contributed by atoms with Crippen LogP contribution in [0.4, 0.5) is 5.69 Å². The molecule has 110 valence electrons. The average molecular weight is 283 g/mol. The second-order valence-corrected chi connectivity index (χ2v) is 4.73. The molecule has 0 aromatic heterocycles. The van der Waals surface area contributed by atoms with Gasteiger partial charge in [-0.05, 0) is 43.7 Å².